The van der Waals surface area contributed by atoms with Crippen molar-refractivity contribution in [1.82, 2.24) is 0 Å². The lowest BCUT2D eigenvalue weighted by atomic mass is 9.90. The zero-order valence-corrected chi connectivity index (χ0v) is 19.8. The largest absolute Gasteiger partial charge is 0.497 e. The number of hydrogen-bond acceptors (Lipinski definition) is 6. The summed E-state index contributed by atoms with van der Waals surface area (Å²) in [4.78, 5) is 13.7. The maximum absolute atomic E-state index is 13.3. The number of nitrogens with one attached hydrogen (secondary N) is 1. The number of rotatable bonds is 7. The van der Waals surface area contributed by atoms with Crippen LogP contribution in [0.5, 0.6) is 11.5 Å². The first-order chi connectivity index (χ1) is 15.3. The number of ether oxygens (including phenoxy) is 2. The average Bonchev–Trinajstić information content (AvgIpc) is 3.22. The van der Waals surface area contributed by atoms with Gasteiger partial charge in [0, 0.05) is 22.6 Å². The standard InChI is InChI=1S/C24H25NO5S2/c1-15(2)13-30-18-6-4-5-16(11-18)20-12-22(26)25-23-21(14-31-24(20)23)32(27,28)19-9-7-17(29-3)8-10-19/h4-11,14-15,20H,12-13H2,1-3H3,(H,25,26). The highest BCUT2D eigenvalue weighted by atomic mass is 32.2. The minimum absolute atomic E-state index is 0.118. The third-order valence-corrected chi connectivity index (χ3v) is 8.30. The Morgan fingerprint density at radius 2 is 1.88 bits per heavy atom. The van der Waals surface area contributed by atoms with Gasteiger partial charge in [-0.25, -0.2) is 8.42 Å². The molecule has 32 heavy (non-hydrogen) atoms. The van der Waals surface area contributed by atoms with Crippen molar-refractivity contribution in [3.8, 4) is 11.5 Å². The van der Waals surface area contributed by atoms with Crippen LogP contribution in [0.4, 0.5) is 5.69 Å². The molecule has 0 radical (unpaired) electrons. The molecule has 0 spiro atoms. The maximum atomic E-state index is 13.3. The maximum Gasteiger partial charge on any atom is 0.225 e. The third kappa shape index (κ3) is 4.38. The number of methoxy groups -OCH3 is 1. The summed E-state index contributed by atoms with van der Waals surface area (Å²) >= 11 is 1.35. The van der Waals surface area contributed by atoms with Crippen LogP contribution in [0, 0.1) is 5.92 Å². The van der Waals surface area contributed by atoms with Gasteiger partial charge in [0.05, 0.1) is 24.3 Å². The fraction of sp³-hybridized carbons (Fsp3) is 0.292. The Balaban J connectivity index is 1.71. The van der Waals surface area contributed by atoms with Crippen LogP contribution in [0.1, 0.15) is 36.6 Å². The Labute approximate surface area is 192 Å². The van der Waals surface area contributed by atoms with E-state index in [-0.39, 0.29) is 28.0 Å². The topological polar surface area (TPSA) is 81.7 Å². The molecule has 1 atom stereocenters. The normalized spacial score (nSPS) is 15.9. The lowest BCUT2D eigenvalue weighted by molar-refractivity contribution is -0.116. The SMILES string of the molecule is COc1ccc(S(=O)(=O)c2csc3c2NC(=O)CC3c2cccc(OCC(C)C)c2)cc1. The van der Waals surface area contributed by atoms with Gasteiger partial charge in [-0.1, -0.05) is 26.0 Å². The van der Waals surface area contributed by atoms with E-state index in [1.807, 2.05) is 24.3 Å². The summed E-state index contributed by atoms with van der Waals surface area (Å²) in [7, 11) is -2.28. The van der Waals surface area contributed by atoms with E-state index >= 15 is 0 Å². The second-order valence-corrected chi connectivity index (χ2v) is 10.9. The number of carbonyl (C=O) groups is 1. The predicted molar refractivity (Wildman–Crippen MR) is 125 cm³/mol. The Morgan fingerprint density at radius 3 is 2.56 bits per heavy atom. The zero-order chi connectivity index (χ0) is 22.9. The molecule has 168 valence electrons. The molecule has 2 aromatic carbocycles. The molecule has 0 fully saturated rings. The van der Waals surface area contributed by atoms with Crippen LogP contribution in [0.3, 0.4) is 0 Å². The highest BCUT2D eigenvalue weighted by Gasteiger charge is 2.34. The molecular formula is C24H25NO5S2. The van der Waals surface area contributed by atoms with Crippen LogP contribution in [0.15, 0.2) is 63.7 Å². The summed E-state index contributed by atoms with van der Waals surface area (Å²) in [5, 5.41) is 4.41. The molecule has 8 heteroatoms. The van der Waals surface area contributed by atoms with Crippen molar-refractivity contribution in [1.29, 1.82) is 0 Å². The quantitative estimate of drug-likeness (QED) is 0.519. The number of anilines is 1. The number of amides is 1. The highest BCUT2D eigenvalue weighted by molar-refractivity contribution is 7.91. The van der Waals surface area contributed by atoms with Gasteiger partial charge in [0.1, 0.15) is 16.4 Å². The van der Waals surface area contributed by atoms with E-state index in [4.69, 9.17) is 9.47 Å². The number of benzene rings is 2. The van der Waals surface area contributed by atoms with E-state index in [2.05, 4.69) is 19.2 Å². The molecule has 2 heterocycles. The Morgan fingerprint density at radius 1 is 1.12 bits per heavy atom. The molecule has 0 aliphatic carbocycles. The van der Waals surface area contributed by atoms with Crippen LogP contribution in [-0.4, -0.2) is 28.0 Å². The van der Waals surface area contributed by atoms with Crippen molar-refractivity contribution < 1.29 is 22.7 Å². The second-order valence-electron chi connectivity index (χ2n) is 8.10. The minimum atomic E-state index is -3.80. The van der Waals surface area contributed by atoms with Gasteiger partial charge in [0.15, 0.2) is 0 Å². The van der Waals surface area contributed by atoms with Gasteiger partial charge in [-0.2, -0.15) is 0 Å². The van der Waals surface area contributed by atoms with Crippen molar-refractivity contribution in [2.24, 2.45) is 5.92 Å². The van der Waals surface area contributed by atoms with Crippen LogP contribution in [-0.2, 0) is 14.6 Å². The number of sulfone groups is 1. The number of thiophene rings is 1. The molecule has 4 rings (SSSR count). The van der Waals surface area contributed by atoms with Crippen LogP contribution in [0.25, 0.3) is 0 Å². The molecule has 1 unspecified atom stereocenters. The zero-order valence-electron chi connectivity index (χ0n) is 18.1. The molecule has 1 N–H and O–H groups in total. The van der Waals surface area contributed by atoms with E-state index in [9.17, 15) is 13.2 Å². The molecule has 3 aromatic rings. The van der Waals surface area contributed by atoms with Gasteiger partial charge in [0.2, 0.25) is 15.7 Å². The van der Waals surface area contributed by atoms with Crippen molar-refractivity contribution in [2.75, 3.05) is 19.0 Å². The average molecular weight is 472 g/mol. The van der Waals surface area contributed by atoms with Gasteiger partial charge in [-0.15, -0.1) is 11.3 Å². The Bertz CT molecular complexity index is 1230. The summed E-state index contributed by atoms with van der Waals surface area (Å²) < 4.78 is 37.6. The summed E-state index contributed by atoms with van der Waals surface area (Å²) in [5.74, 6) is 1.27. The summed E-state index contributed by atoms with van der Waals surface area (Å²) in [6.07, 6.45) is 0.253. The smallest absolute Gasteiger partial charge is 0.225 e. The highest BCUT2D eigenvalue weighted by Crippen LogP contribution is 2.46. The monoisotopic (exact) mass is 471 g/mol. The first-order valence-corrected chi connectivity index (χ1v) is 12.7. The van der Waals surface area contributed by atoms with Gasteiger partial charge in [-0.3, -0.25) is 4.79 Å². The molecular weight excluding hydrogens is 446 g/mol. The van der Waals surface area contributed by atoms with Crippen LogP contribution in [0.2, 0.25) is 0 Å². The number of carbonyl (C=O) groups excluding carboxylic acids is 1. The van der Waals surface area contributed by atoms with Crippen molar-refractivity contribution in [3.05, 3.63) is 64.4 Å². The van der Waals surface area contributed by atoms with Crippen molar-refractivity contribution in [2.45, 2.75) is 36.0 Å². The first-order valence-electron chi connectivity index (χ1n) is 10.3. The van der Waals surface area contributed by atoms with E-state index in [1.165, 1.54) is 30.6 Å². The fourth-order valence-corrected chi connectivity index (χ4v) is 6.55. The fourth-order valence-electron chi connectivity index (χ4n) is 3.64. The van der Waals surface area contributed by atoms with Gasteiger partial charge in [0.25, 0.3) is 0 Å². The summed E-state index contributed by atoms with van der Waals surface area (Å²) in [6, 6.07) is 13.9. The second kappa shape index (κ2) is 8.96. The predicted octanol–water partition coefficient (Wildman–Crippen LogP) is 5.10. The van der Waals surface area contributed by atoms with E-state index in [0.717, 1.165) is 16.2 Å². The lowest BCUT2D eigenvalue weighted by Crippen LogP contribution is -2.23. The van der Waals surface area contributed by atoms with Crippen molar-refractivity contribution in [3.63, 3.8) is 0 Å². The molecule has 0 saturated carbocycles. The molecule has 0 saturated heterocycles. The minimum Gasteiger partial charge on any atom is -0.497 e. The molecule has 1 aliphatic heterocycles. The van der Waals surface area contributed by atoms with E-state index in [0.29, 0.717) is 24.0 Å². The van der Waals surface area contributed by atoms with Gasteiger partial charge < -0.3 is 14.8 Å². The number of fused-ring (bicyclic) bond motifs is 1. The molecule has 1 aliphatic rings. The molecule has 0 bridgehead atoms. The van der Waals surface area contributed by atoms with Gasteiger partial charge in [-0.05, 0) is 47.9 Å². The molecule has 6 nitrogen and oxygen atoms in total. The van der Waals surface area contributed by atoms with E-state index < -0.39 is 9.84 Å². The summed E-state index contributed by atoms with van der Waals surface area (Å²) in [5.41, 5.74) is 1.30. The van der Waals surface area contributed by atoms with Crippen LogP contribution >= 0.6 is 11.3 Å². The summed E-state index contributed by atoms with van der Waals surface area (Å²) in [6.45, 7) is 4.76. The first kappa shape index (κ1) is 22.4. The third-order valence-electron chi connectivity index (χ3n) is 5.26. The molecule has 1 amide bonds. The Kier molecular flexibility index (Phi) is 6.26. The number of hydrogen-bond donors (Lipinski definition) is 1. The van der Waals surface area contributed by atoms with Crippen molar-refractivity contribution >= 4 is 32.8 Å². The molecule has 1 aromatic heterocycles. The van der Waals surface area contributed by atoms with Gasteiger partial charge >= 0.3 is 0 Å². The lowest BCUT2D eigenvalue weighted by Gasteiger charge is -2.24. The van der Waals surface area contributed by atoms with Crippen LogP contribution < -0.4 is 14.8 Å². The Hall–Kier alpha value is -2.84. The van der Waals surface area contributed by atoms with E-state index in [1.54, 1.807) is 17.5 Å².